The molecule has 2 heterocycles. The summed E-state index contributed by atoms with van der Waals surface area (Å²) >= 11 is 0. The summed E-state index contributed by atoms with van der Waals surface area (Å²) in [5, 5.41) is 0. The second-order valence-corrected chi connectivity index (χ2v) is 4.63. The maximum Gasteiger partial charge on any atom is 0.308 e. The fourth-order valence-corrected chi connectivity index (χ4v) is 2.55. The molecule has 0 aliphatic carbocycles. The van der Waals surface area contributed by atoms with Crippen LogP contribution >= 0.6 is 0 Å². The first-order chi connectivity index (χ1) is 7.74. The Kier molecular flexibility index (Phi) is 3.82. The summed E-state index contributed by atoms with van der Waals surface area (Å²) in [6.07, 6.45) is 6.52. The van der Waals surface area contributed by atoms with Gasteiger partial charge in [-0.05, 0) is 25.7 Å². The molecule has 2 rings (SSSR count). The van der Waals surface area contributed by atoms with Crippen LogP contribution in [0.3, 0.4) is 0 Å². The third kappa shape index (κ3) is 2.74. The highest BCUT2D eigenvalue weighted by molar-refractivity contribution is 5.69. The van der Waals surface area contributed by atoms with Crippen molar-refractivity contribution in [3.63, 3.8) is 0 Å². The third-order valence-electron chi connectivity index (χ3n) is 3.40. The van der Waals surface area contributed by atoms with Crippen molar-refractivity contribution in [2.24, 2.45) is 0 Å². The molecule has 0 aromatic heterocycles. The van der Waals surface area contributed by atoms with Gasteiger partial charge in [-0.3, -0.25) is 4.79 Å². The Morgan fingerprint density at radius 1 is 1.38 bits per heavy atom. The Morgan fingerprint density at radius 3 is 2.88 bits per heavy atom. The number of esters is 1. The maximum absolute atomic E-state index is 11.2. The molecule has 4 nitrogen and oxygen atoms in total. The van der Waals surface area contributed by atoms with Crippen LogP contribution in [0.2, 0.25) is 0 Å². The van der Waals surface area contributed by atoms with Gasteiger partial charge in [0, 0.05) is 12.8 Å². The van der Waals surface area contributed by atoms with Crippen molar-refractivity contribution in [3.05, 3.63) is 0 Å². The summed E-state index contributed by atoms with van der Waals surface area (Å²) in [6.45, 7) is 0.783. The summed E-state index contributed by atoms with van der Waals surface area (Å²) in [5.41, 5.74) is 0. The summed E-state index contributed by atoms with van der Waals surface area (Å²) in [7, 11) is 1.41. The smallest absolute Gasteiger partial charge is 0.308 e. The second-order valence-electron chi connectivity index (χ2n) is 4.63. The zero-order chi connectivity index (χ0) is 11.4. The molecule has 2 aliphatic rings. The van der Waals surface area contributed by atoms with Gasteiger partial charge in [0.15, 0.2) is 5.79 Å². The minimum atomic E-state index is -0.394. The number of hydrogen-bond acceptors (Lipinski definition) is 4. The van der Waals surface area contributed by atoms with Crippen LogP contribution in [0.1, 0.15) is 44.9 Å². The molecule has 0 bridgehead atoms. The van der Waals surface area contributed by atoms with Gasteiger partial charge in [0.2, 0.25) is 0 Å². The van der Waals surface area contributed by atoms with Gasteiger partial charge in [0.1, 0.15) is 0 Å². The predicted octanol–water partition coefficient (Wildman–Crippen LogP) is 2.02. The Hall–Kier alpha value is -0.610. The molecule has 2 fully saturated rings. The summed E-state index contributed by atoms with van der Waals surface area (Å²) in [5.74, 6) is -0.590. The molecule has 0 unspecified atom stereocenters. The van der Waals surface area contributed by atoms with Crippen molar-refractivity contribution in [1.82, 2.24) is 0 Å². The van der Waals surface area contributed by atoms with Crippen LogP contribution in [0.25, 0.3) is 0 Å². The van der Waals surface area contributed by atoms with E-state index < -0.39 is 5.79 Å². The van der Waals surface area contributed by atoms with Crippen LogP contribution in [0, 0.1) is 0 Å². The standard InChI is InChI=1S/C12H20O4/c1-14-11(13)9-10-5-4-7-12(16-10)6-2-3-8-15-12/h10H,2-9H2,1H3/t10-,12+/m0/s1. The van der Waals surface area contributed by atoms with Gasteiger partial charge in [-0.1, -0.05) is 0 Å². The van der Waals surface area contributed by atoms with Crippen molar-refractivity contribution in [3.8, 4) is 0 Å². The van der Waals surface area contributed by atoms with E-state index in [-0.39, 0.29) is 12.1 Å². The number of methoxy groups -OCH3 is 1. The fourth-order valence-electron chi connectivity index (χ4n) is 2.55. The highest BCUT2D eigenvalue weighted by Gasteiger charge is 2.40. The van der Waals surface area contributed by atoms with Gasteiger partial charge in [-0.2, -0.15) is 0 Å². The zero-order valence-electron chi connectivity index (χ0n) is 9.87. The highest BCUT2D eigenvalue weighted by Crippen LogP contribution is 2.37. The lowest BCUT2D eigenvalue weighted by molar-refractivity contribution is -0.295. The van der Waals surface area contributed by atoms with E-state index in [1.54, 1.807) is 0 Å². The number of carbonyl (C=O) groups is 1. The number of hydrogen-bond donors (Lipinski definition) is 0. The van der Waals surface area contributed by atoms with E-state index in [0.29, 0.717) is 6.42 Å². The Balaban J connectivity index is 1.90. The van der Waals surface area contributed by atoms with E-state index >= 15 is 0 Å². The molecule has 0 radical (unpaired) electrons. The SMILES string of the molecule is COC(=O)C[C@@H]1CCC[C@@]2(CCCCO2)O1. The third-order valence-corrected chi connectivity index (χ3v) is 3.40. The molecule has 0 aromatic carbocycles. The van der Waals surface area contributed by atoms with Gasteiger partial charge in [0.25, 0.3) is 0 Å². The molecule has 0 amide bonds. The van der Waals surface area contributed by atoms with E-state index in [4.69, 9.17) is 9.47 Å². The monoisotopic (exact) mass is 228 g/mol. The van der Waals surface area contributed by atoms with Crippen molar-refractivity contribution >= 4 is 5.97 Å². The average molecular weight is 228 g/mol. The quantitative estimate of drug-likeness (QED) is 0.678. The van der Waals surface area contributed by atoms with Crippen LogP contribution in [0.15, 0.2) is 0 Å². The molecule has 0 saturated carbocycles. The first kappa shape index (κ1) is 11.9. The van der Waals surface area contributed by atoms with Crippen LogP contribution in [0.5, 0.6) is 0 Å². The predicted molar refractivity (Wildman–Crippen MR) is 57.9 cm³/mol. The van der Waals surface area contributed by atoms with Crippen molar-refractivity contribution in [1.29, 1.82) is 0 Å². The van der Waals surface area contributed by atoms with Gasteiger partial charge in [0.05, 0.1) is 26.2 Å². The first-order valence-electron chi connectivity index (χ1n) is 6.13. The lowest BCUT2D eigenvalue weighted by Crippen LogP contribution is -2.45. The Bertz CT molecular complexity index is 240. The van der Waals surface area contributed by atoms with Crippen LogP contribution in [0.4, 0.5) is 0 Å². The molecule has 2 saturated heterocycles. The Labute approximate surface area is 96.2 Å². The summed E-state index contributed by atoms with van der Waals surface area (Å²) in [4.78, 5) is 11.2. The van der Waals surface area contributed by atoms with Gasteiger partial charge >= 0.3 is 5.97 Å². The molecule has 16 heavy (non-hydrogen) atoms. The van der Waals surface area contributed by atoms with Crippen LogP contribution < -0.4 is 0 Å². The van der Waals surface area contributed by atoms with Crippen molar-refractivity contribution in [2.75, 3.05) is 13.7 Å². The van der Waals surface area contributed by atoms with E-state index in [2.05, 4.69) is 4.74 Å². The minimum Gasteiger partial charge on any atom is -0.469 e. The van der Waals surface area contributed by atoms with Crippen molar-refractivity contribution in [2.45, 2.75) is 56.8 Å². The minimum absolute atomic E-state index is 0.0284. The topological polar surface area (TPSA) is 44.8 Å². The van der Waals surface area contributed by atoms with E-state index in [0.717, 1.165) is 45.1 Å². The van der Waals surface area contributed by atoms with Gasteiger partial charge in [-0.15, -0.1) is 0 Å². The van der Waals surface area contributed by atoms with E-state index in [9.17, 15) is 4.79 Å². The fraction of sp³-hybridized carbons (Fsp3) is 0.917. The second kappa shape index (κ2) is 5.15. The molecule has 0 N–H and O–H groups in total. The Morgan fingerprint density at radius 2 is 2.19 bits per heavy atom. The number of carbonyl (C=O) groups excluding carboxylic acids is 1. The lowest BCUT2D eigenvalue weighted by atomic mass is 9.94. The van der Waals surface area contributed by atoms with E-state index in [1.807, 2.05) is 0 Å². The lowest BCUT2D eigenvalue weighted by Gasteiger charge is -2.43. The normalized spacial score (nSPS) is 34.9. The van der Waals surface area contributed by atoms with Crippen LogP contribution in [-0.2, 0) is 19.0 Å². The molecular weight excluding hydrogens is 208 g/mol. The molecule has 0 aromatic rings. The summed E-state index contributed by atoms with van der Waals surface area (Å²) in [6, 6.07) is 0. The molecule has 2 aliphatic heterocycles. The average Bonchev–Trinajstić information content (AvgIpc) is 2.30. The number of rotatable bonds is 2. The largest absolute Gasteiger partial charge is 0.469 e. The van der Waals surface area contributed by atoms with Crippen LogP contribution in [-0.4, -0.2) is 31.6 Å². The molecule has 2 atom stereocenters. The highest BCUT2D eigenvalue weighted by atomic mass is 16.7. The molecule has 92 valence electrons. The number of ether oxygens (including phenoxy) is 3. The molecule has 4 heteroatoms. The first-order valence-corrected chi connectivity index (χ1v) is 6.13. The van der Waals surface area contributed by atoms with Gasteiger partial charge < -0.3 is 14.2 Å². The van der Waals surface area contributed by atoms with Crippen molar-refractivity contribution < 1.29 is 19.0 Å². The van der Waals surface area contributed by atoms with Gasteiger partial charge in [-0.25, -0.2) is 0 Å². The summed E-state index contributed by atoms with van der Waals surface area (Å²) < 4.78 is 16.4. The molecular formula is C12H20O4. The molecule has 1 spiro atoms. The van der Waals surface area contributed by atoms with E-state index in [1.165, 1.54) is 7.11 Å². The maximum atomic E-state index is 11.2. The zero-order valence-corrected chi connectivity index (χ0v) is 9.87.